The van der Waals surface area contributed by atoms with Crippen molar-refractivity contribution < 1.29 is 4.79 Å². The van der Waals surface area contributed by atoms with Crippen LogP contribution >= 0.6 is 0 Å². The van der Waals surface area contributed by atoms with Gasteiger partial charge in [0.05, 0.1) is 17.3 Å². The highest BCUT2D eigenvalue weighted by Gasteiger charge is 2.15. The molecule has 4 aromatic rings. The van der Waals surface area contributed by atoms with E-state index in [1.54, 1.807) is 35.1 Å². The Morgan fingerprint density at radius 1 is 1.04 bits per heavy atom. The summed E-state index contributed by atoms with van der Waals surface area (Å²) in [4.78, 5) is 24.8. The number of hydrogen-bond donors (Lipinski definition) is 1. The number of rotatable bonds is 4. The largest absolute Gasteiger partial charge is 0.346 e. The zero-order chi connectivity index (χ0) is 18.8. The van der Waals surface area contributed by atoms with Crippen LogP contribution in [0.1, 0.15) is 16.1 Å². The van der Waals surface area contributed by atoms with Crippen molar-refractivity contribution in [1.29, 1.82) is 0 Å². The van der Waals surface area contributed by atoms with Crippen molar-refractivity contribution in [3.63, 3.8) is 0 Å². The maximum atomic E-state index is 12.7. The van der Waals surface area contributed by atoms with E-state index >= 15 is 0 Å². The Kier molecular flexibility index (Phi) is 4.25. The second-order valence-corrected chi connectivity index (χ2v) is 6.13. The van der Waals surface area contributed by atoms with Crippen LogP contribution in [-0.4, -0.2) is 25.5 Å². The van der Waals surface area contributed by atoms with E-state index in [1.165, 1.54) is 11.7 Å². The average Bonchev–Trinajstić information content (AvgIpc) is 3.19. The summed E-state index contributed by atoms with van der Waals surface area (Å²) < 4.78 is 2.94. The Morgan fingerprint density at radius 3 is 2.52 bits per heavy atom. The summed E-state index contributed by atoms with van der Waals surface area (Å²) in [6, 6.07) is 16.7. The molecule has 0 aliphatic rings. The van der Waals surface area contributed by atoms with Crippen molar-refractivity contribution in [3.05, 3.63) is 88.6 Å². The predicted octanol–water partition coefficient (Wildman–Crippen LogP) is 2.05. The lowest BCUT2D eigenvalue weighted by molar-refractivity contribution is 0.0945. The third-order valence-corrected chi connectivity index (χ3v) is 4.28. The number of benzene rings is 2. The van der Waals surface area contributed by atoms with Crippen molar-refractivity contribution in [2.24, 2.45) is 7.05 Å². The van der Waals surface area contributed by atoms with Crippen LogP contribution in [0.2, 0.25) is 0 Å². The first-order valence-electron chi connectivity index (χ1n) is 8.47. The maximum Gasteiger partial charge on any atom is 0.274 e. The number of aromatic nitrogens is 4. The predicted molar refractivity (Wildman–Crippen MR) is 102 cm³/mol. The minimum absolute atomic E-state index is 0.225. The second-order valence-electron chi connectivity index (χ2n) is 6.13. The summed E-state index contributed by atoms with van der Waals surface area (Å²) in [5.41, 5.74) is 1.80. The van der Waals surface area contributed by atoms with Crippen LogP contribution < -0.4 is 10.9 Å². The third kappa shape index (κ3) is 3.22. The zero-order valence-corrected chi connectivity index (χ0v) is 14.7. The van der Waals surface area contributed by atoms with Crippen molar-refractivity contribution >= 4 is 16.7 Å². The lowest BCUT2D eigenvalue weighted by atomic mass is 10.1. The van der Waals surface area contributed by atoms with Crippen molar-refractivity contribution in [2.75, 3.05) is 0 Å². The Bertz CT molecular complexity index is 1180. The molecule has 0 radical (unpaired) electrons. The summed E-state index contributed by atoms with van der Waals surface area (Å²) in [7, 11) is 1.54. The van der Waals surface area contributed by atoms with E-state index < -0.39 is 0 Å². The van der Waals surface area contributed by atoms with Crippen molar-refractivity contribution in [1.82, 2.24) is 24.9 Å². The number of nitrogens with one attached hydrogen (secondary N) is 1. The van der Waals surface area contributed by atoms with Gasteiger partial charge in [-0.1, -0.05) is 36.4 Å². The fourth-order valence-corrected chi connectivity index (χ4v) is 2.91. The molecule has 0 aliphatic heterocycles. The van der Waals surface area contributed by atoms with E-state index in [0.29, 0.717) is 17.3 Å². The van der Waals surface area contributed by atoms with Gasteiger partial charge in [-0.15, -0.1) is 0 Å². The van der Waals surface area contributed by atoms with Crippen molar-refractivity contribution in [2.45, 2.75) is 6.54 Å². The zero-order valence-electron chi connectivity index (χ0n) is 14.7. The lowest BCUT2D eigenvalue weighted by Crippen LogP contribution is -2.29. The molecule has 0 saturated heterocycles. The van der Waals surface area contributed by atoms with Crippen LogP contribution in [0.15, 0.2) is 71.8 Å². The van der Waals surface area contributed by atoms with Gasteiger partial charge in [0.25, 0.3) is 11.5 Å². The monoisotopic (exact) mass is 359 g/mol. The average molecular weight is 359 g/mol. The first kappa shape index (κ1) is 16.7. The number of hydrogen-bond acceptors (Lipinski definition) is 4. The van der Waals surface area contributed by atoms with Gasteiger partial charge in [0.2, 0.25) is 0 Å². The van der Waals surface area contributed by atoms with E-state index in [2.05, 4.69) is 15.5 Å². The molecule has 1 amide bonds. The minimum Gasteiger partial charge on any atom is -0.346 e. The fourth-order valence-electron chi connectivity index (χ4n) is 2.91. The van der Waals surface area contributed by atoms with Gasteiger partial charge in [-0.3, -0.25) is 9.59 Å². The van der Waals surface area contributed by atoms with Gasteiger partial charge in [-0.2, -0.15) is 10.2 Å². The molecule has 7 nitrogen and oxygen atoms in total. The molecule has 0 unspecified atom stereocenters. The van der Waals surface area contributed by atoms with Gasteiger partial charge in [0, 0.05) is 30.7 Å². The number of fused-ring (bicyclic) bond motifs is 1. The van der Waals surface area contributed by atoms with Gasteiger partial charge in [-0.05, 0) is 18.2 Å². The lowest BCUT2D eigenvalue weighted by Gasteiger charge is -2.08. The van der Waals surface area contributed by atoms with Crippen LogP contribution in [0.25, 0.3) is 16.5 Å². The standard InChI is InChI=1S/C20H17N5O2/c1-24-20(27)17-10-6-5-9-16(17)18(23-24)19(26)21-11-14-12-22-25(13-14)15-7-3-2-4-8-15/h2-10,12-13H,11H2,1H3,(H,21,26). The Labute approximate surface area is 154 Å². The molecule has 0 atom stereocenters. The topological polar surface area (TPSA) is 81.8 Å². The van der Waals surface area contributed by atoms with Crippen LogP contribution in [0.5, 0.6) is 0 Å². The fraction of sp³-hybridized carbons (Fsp3) is 0.100. The van der Waals surface area contributed by atoms with Crippen LogP contribution in [0, 0.1) is 0 Å². The van der Waals surface area contributed by atoms with E-state index in [1.807, 2.05) is 36.5 Å². The molecule has 2 aromatic heterocycles. The molecule has 4 rings (SSSR count). The summed E-state index contributed by atoms with van der Waals surface area (Å²) in [5, 5.41) is 12.3. The molecule has 0 aliphatic carbocycles. The van der Waals surface area contributed by atoms with Gasteiger partial charge >= 0.3 is 0 Å². The quantitative estimate of drug-likeness (QED) is 0.605. The van der Waals surface area contributed by atoms with Gasteiger partial charge in [0.15, 0.2) is 5.69 Å². The van der Waals surface area contributed by atoms with Crippen LogP contribution in [-0.2, 0) is 13.6 Å². The molecule has 7 heteroatoms. The van der Waals surface area contributed by atoms with E-state index in [4.69, 9.17) is 0 Å². The smallest absolute Gasteiger partial charge is 0.274 e. The highest BCUT2D eigenvalue weighted by atomic mass is 16.2. The van der Waals surface area contributed by atoms with Gasteiger partial charge < -0.3 is 5.32 Å². The summed E-state index contributed by atoms with van der Waals surface area (Å²) in [6.45, 7) is 0.310. The molecule has 1 N–H and O–H groups in total. The normalized spacial score (nSPS) is 10.9. The third-order valence-electron chi connectivity index (χ3n) is 4.28. The van der Waals surface area contributed by atoms with Crippen molar-refractivity contribution in [3.8, 4) is 5.69 Å². The molecule has 0 spiro atoms. The van der Waals surface area contributed by atoms with Gasteiger partial charge in [0.1, 0.15) is 0 Å². The van der Waals surface area contributed by atoms with E-state index in [9.17, 15) is 9.59 Å². The van der Waals surface area contributed by atoms with E-state index in [-0.39, 0.29) is 17.2 Å². The number of amides is 1. The number of aryl methyl sites for hydroxylation is 1. The van der Waals surface area contributed by atoms with E-state index in [0.717, 1.165) is 11.3 Å². The maximum absolute atomic E-state index is 12.7. The first-order valence-corrected chi connectivity index (χ1v) is 8.47. The molecular weight excluding hydrogens is 342 g/mol. The Hall–Kier alpha value is -3.74. The molecule has 134 valence electrons. The molecular formula is C20H17N5O2. The Morgan fingerprint density at radius 2 is 1.74 bits per heavy atom. The minimum atomic E-state index is -0.339. The molecule has 0 bridgehead atoms. The molecule has 2 aromatic carbocycles. The summed E-state index contributed by atoms with van der Waals surface area (Å²) >= 11 is 0. The highest BCUT2D eigenvalue weighted by molar-refractivity contribution is 6.04. The molecule has 2 heterocycles. The number of para-hydroxylation sites is 1. The second kappa shape index (κ2) is 6.87. The summed E-state index contributed by atoms with van der Waals surface area (Å²) in [5.74, 6) is -0.339. The first-order chi connectivity index (χ1) is 13.1. The number of carbonyl (C=O) groups excluding carboxylic acids is 1. The SMILES string of the molecule is Cn1nc(C(=O)NCc2cnn(-c3ccccc3)c2)c2ccccc2c1=O. The van der Waals surface area contributed by atoms with Gasteiger partial charge in [-0.25, -0.2) is 9.36 Å². The highest BCUT2D eigenvalue weighted by Crippen LogP contribution is 2.13. The number of carbonyl (C=O) groups is 1. The van der Waals surface area contributed by atoms with Crippen LogP contribution in [0.4, 0.5) is 0 Å². The van der Waals surface area contributed by atoms with Crippen LogP contribution in [0.3, 0.4) is 0 Å². The number of nitrogens with zero attached hydrogens (tertiary/aromatic N) is 4. The summed E-state index contributed by atoms with van der Waals surface area (Å²) in [6.07, 6.45) is 3.57. The Balaban J connectivity index is 1.56. The molecule has 27 heavy (non-hydrogen) atoms. The molecule has 0 fully saturated rings. The molecule has 0 saturated carbocycles.